The molecule has 0 spiro atoms. The molecule has 2 heteroatoms. The molecule has 0 atom stereocenters. The first-order valence-corrected chi connectivity index (χ1v) is 6.42. The maximum atomic E-state index is 12.4. The van der Waals surface area contributed by atoms with Gasteiger partial charge in [0.2, 0.25) is 0 Å². The van der Waals surface area contributed by atoms with Gasteiger partial charge in [-0.2, -0.15) is 0 Å². The number of ether oxygens (including phenoxy) is 1. The first kappa shape index (κ1) is 12.9. The Bertz CT molecular complexity index is 466. The van der Waals surface area contributed by atoms with Crippen LogP contribution in [-0.2, 0) is 0 Å². The average Bonchev–Trinajstić information content (AvgIpc) is 2.37. The molecule has 0 radical (unpaired) electrons. The van der Waals surface area contributed by atoms with Crippen molar-refractivity contribution in [2.45, 2.75) is 33.1 Å². The van der Waals surface area contributed by atoms with Gasteiger partial charge in [0, 0.05) is 5.56 Å². The summed E-state index contributed by atoms with van der Waals surface area (Å²) >= 11 is 0. The van der Waals surface area contributed by atoms with E-state index in [4.69, 9.17) is 4.74 Å². The Morgan fingerprint density at radius 1 is 1.22 bits per heavy atom. The highest BCUT2D eigenvalue weighted by molar-refractivity contribution is 6.08. The van der Waals surface area contributed by atoms with Gasteiger partial charge in [-0.1, -0.05) is 19.9 Å². The van der Waals surface area contributed by atoms with E-state index < -0.39 is 0 Å². The van der Waals surface area contributed by atoms with Gasteiger partial charge in [0.25, 0.3) is 0 Å². The van der Waals surface area contributed by atoms with Crippen molar-refractivity contribution in [2.24, 2.45) is 5.41 Å². The molecule has 0 aliphatic heterocycles. The van der Waals surface area contributed by atoms with Gasteiger partial charge in [0.05, 0.1) is 7.11 Å². The second-order valence-electron chi connectivity index (χ2n) is 5.57. The summed E-state index contributed by atoms with van der Waals surface area (Å²) in [5.74, 6) is 0.940. The molecule has 0 fully saturated rings. The third kappa shape index (κ3) is 2.81. The molecule has 0 bridgehead atoms. The van der Waals surface area contributed by atoms with Gasteiger partial charge in [0.1, 0.15) is 5.75 Å². The highest BCUT2D eigenvalue weighted by atomic mass is 16.5. The summed E-state index contributed by atoms with van der Waals surface area (Å²) in [7, 11) is 1.63. The number of Topliss-reactive ketones (excluding diaryl/α,β-unsaturated/α-hetero) is 1. The van der Waals surface area contributed by atoms with Crippen LogP contribution in [0.1, 0.15) is 43.5 Å². The molecule has 0 N–H and O–H groups in total. The van der Waals surface area contributed by atoms with Gasteiger partial charge >= 0.3 is 0 Å². The lowest BCUT2D eigenvalue weighted by Gasteiger charge is -2.26. The minimum atomic E-state index is 0.149. The molecule has 1 aromatic carbocycles. The maximum Gasteiger partial charge on any atom is 0.188 e. The Kier molecular flexibility index (Phi) is 3.55. The number of allylic oxidation sites excluding steroid dienone is 2. The highest BCUT2D eigenvalue weighted by Crippen LogP contribution is 2.34. The molecule has 1 aliphatic carbocycles. The number of methoxy groups -OCH3 is 1. The van der Waals surface area contributed by atoms with E-state index in [1.807, 2.05) is 24.3 Å². The summed E-state index contributed by atoms with van der Waals surface area (Å²) in [6.07, 6.45) is 5.30. The third-order valence-corrected chi connectivity index (χ3v) is 3.48. The smallest absolute Gasteiger partial charge is 0.188 e. The van der Waals surface area contributed by atoms with Gasteiger partial charge in [-0.15, -0.1) is 0 Å². The molecular weight excluding hydrogens is 224 g/mol. The first-order valence-electron chi connectivity index (χ1n) is 6.42. The molecule has 0 saturated heterocycles. The van der Waals surface area contributed by atoms with Crippen molar-refractivity contribution in [1.29, 1.82) is 0 Å². The standard InChI is InChI=1S/C16H20O2/c1-16(2)10-4-5-13(11-16)15(17)12-6-8-14(18-3)9-7-12/h6-9,11H,4-5,10H2,1-3H3. The van der Waals surface area contributed by atoms with Crippen LogP contribution in [0.5, 0.6) is 5.75 Å². The van der Waals surface area contributed by atoms with E-state index in [0.29, 0.717) is 0 Å². The van der Waals surface area contributed by atoms with Crippen molar-refractivity contribution < 1.29 is 9.53 Å². The Balaban J connectivity index is 2.23. The first-order chi connectivity index (χ1) is 8.52. The lowest BCUT2D eigenvalue weighted by molar-refractivity contribution is 0.102. The van der Waals surface area contributed by atoms with E-state index in [-0.39, 0.29) is 11.2 Å². The van der Waals surface area contributed by atoms with E-state index in [1.54, 1.807) is 7.11 Å². The van der Waals surface area contributed by atoms with Gasteiger partial charge < -0.3 is 4.74 Å². The van der Waals surface area contributed by atoms with Crippen molar-refractivity contribution in [2.75, 3.05) is 7.11 Å². The van der Waals surface area contributed by atoms with E-state index in [1.165, 1.54) is 0 Å². The van der Waals surface area contributed by atoms with Crippen LogP contribution >= 0.6 is 0 Å². The van der Waals surface area contributed by atoms with Crippen molar-refractivity contribution in [3.05, 3.63) is 41.5 Å². The van der Waals surface area contributed by atoms with Gasteiger partial charge in [-0.25, -0.2) is 0 Å². The fourth-order valence-corrected chi connectivity index (χ4v) is 2.46. The Morgan fingerprint density at radius 3 is 2.44 bits per heavy atom. The Morgan fingerprint density at radius 2 is 1.89 bits per heavy atom. The number of rotatable bonds is 3. The molecule has 1 aromatic rings. The van der Waals surface area contributed by atoms with Crippen LogP contribution < -0.4 is 4.74 Å². The molecule has 0 aromatic heterocycles. The number of hydrogen-bond acceptors (Lipinski definition) is 2. The van der Waals surface area contributed by atoms with E-state index in [0.717, 1.165) is 36.1 Å². The number of carbonyl (C=O) groups excluding carboxylic acids is 1. The SMILES string of the molecule is COc1ccc(C(=O)C2=CC(C)(C)CCC2)cc1. The molecular formula is C16H20O2. The molecule has 0 saturated carbocycles. The minimum Gasteiger partial charge on any atom is -0.497 e. The molecule has 96 valence electrons. The van der Waals surface area contributed by atoms with Crippen LogP contribution in [0.4, 0.5) is 0 Å². The monoisotopic (exact) mass is 244 g/mol. The summed E-state index contributed by atoms with van der Waals surface area (Å²) < 4.78 is 5.10. The summed E-state index contributed by atoms with van der Waals surface area (Å²) in [5, 5.41) is 0. The molecule has 18 heavy (non-hydrogen) atoms. The average molecular weight is 244 g/mol. The molecule has 2 nitrogen and oxygen atoms in total. The Hall–Kier alpha value is -1.57. The number of carbonyl (C=O) groups is 1. The quantitative estimate of drug-likeness (QED) is 0.751. The third-order valence-electron chi connectivity index (χ3n) is 3.48. The molecule has 0 amide bonds. The Labute approximate surface area is 109 Å². The largest absolute Gasteiger partial charge is 0.497 e. The molecule has 2 rings (SSSR count). The second-order valence-corrected chi connectivity index (χ2v) is 5.57. The van der Waals surface area contributed by atoms with Crippen molar-refractivity contribution in [1.82, 2.24) is 0 Å². The summed E-state index contributed by atoms with van der Waals surface area (Å²) in [6.45, 7) is 4.38. The van der Waals surface area contributed by atoms with Crippen LogP contribution in [0, 0.1) is 5.41 Å². The van der Waals surface area contributed by atoms with Crippen LogP contribution in [0.3, 0.4) is 0 Å². The fraction of sp³-hybridized carbons (Fsp3) is 0.438. The predicted octanol–water partition coefficient (Wildman–Crippen LogP) is 4.01. The molecule has 0 heterocycles. The van der Waals surface area contributed by atoms with Gasteiger partial charge in [-0.3, -0.25) is 4.79 Å². The highest BCUT2D eigenvalue weighted by Gasteiger charge is 2.24. The zero-order chi connectivity index (χ0) is 13.2. The number of hydrogen-bond donors (Lipinski definition) is 0. The maximum absolute atomic E-state index is 12.4. The predicted molar refractivity (Wildman–Crippen MR) is 73.0 cm³/mol. The van der Waals surface area contributed by atoms with Crippen LogP contribution in [0.15, 0.2) is 35.9 Å². The van der Waals surface area contributed by atoms with Crippen molar-refractivity contribution in [3.63, 3.8) is 0 Å². The zero-order valence-corrected chi connectivity index (χ0v) is 11.3. The fourth-order valence-electron chi connectivity index (χ4n) is 2.46. The summed E-state index contributed by atoms with van der Waals surface area (Å²) in [4.78, 5) is 12.4. The van der Waals surface area contributed by atoms with Crippen LogP contribution in [-0.4, -0.2) is 12.9 Å². The summed E-state index contributed by atoms with van der Waals surface area (Å²) in [6, 6.07) is 7.34. The lowest BCUT2D eigenvalue weighted by atomic mass is 9.78. The molecule has 0 unspecified atom stereocenters. The van der Waals surface area contributed by atoms with Gasteiger partial charge in [-0.05, 0) is 54.5 Å². The molecule has 1 aliphatic rings. The number of ketones is 1. The van der Waals surface area contributed by atoms with E-state index >= 15 is 0 Å². The normalized spacial score (nSPS) is 18.1. The van der Waals surface area contributed by atoms with Gasteiger partial charge in [0.15, 0.2) is 5.78 Å². The topological polar surface area (TPSA) is 26.3 Å². The van der Waals surface area contributed by atoms with E-state index in [9.17, 15) is 4.79 Å². The number of benzene rings is 1. The minimum absolute atomic E-state index is 0.149. The van der Waals surface area contributed by atoms with Crippen LogP contribution in [0.25, 0.3) is 0 Å². The van der Waals surface area contributed by atoms with E-state index in [2.05, 4.69) is 19.9 Å². The van der Waals surface area contributed by atoms with Crippen molar-refractivity contribution >= 4 is 5.78 Å². The second kappa shape index (κ2) is 4.97. The van der Waals surface area contributed by atoms with Crippen LogP contribution in [0.2, 0.25) is 0 Å². The lowest BCUT2D eigenvalue weighted by Crippen LogP contribution is -2.17. The zero-order valence-electron chi connectivity index (χ0n) is 11.3. The summed E-state index contributed by atoms with van der Waals surface area (Å²) in [5.41, 5.74) is 1.85. The van der Waals surface area contributed by atoms with Crippen molar-refractivity contribution in [3.8, 4) is 5.75 Å².